The van der Waals surface area contributed by atoms with Gasteiger partial charge >= 0.3 is 5.69 Å². The van der Waals surface area contributed by atoms with E-state index in [1.165, 1.54) is 27.7 Å². The van der Waals surface area contributed by atoms with Crippen molar-refractivity contribution in [1.29, 1.82) is 0 Å². The zero-order valence-corrected chi connectivity index (χ0v) is 25.2. The molecule has 2 aromatic carbocycles. The summed E-state index contributed by atoms with van der Waals surface area (Å²) in [5, 5.41) is 22.3. The summed E-state index contributed by atoms with van der Waals surface area (Å²) in [6.45, 7) is 11.4. The van der Waals surface area contributed by atoms with Gasteiger partial charge < -0.3 is 19.7 Å². The molecule has 0 bridgehead atoms. The molecule has 2 atom stereocenters. The van der Waals surface area contributed by atoms with Crippen molar-refractivity contribution in [2.75, 3.05) is 18.0 Å². The summed E-state index contributed by atoms with van der Waals surface area (Å²) < 4.78 is 17.7. The summed E-state index contributed by atoms with van der Waals surface area (Å²) in [7, 11) is 1.65. The first kappa shape index (κ1) is 30.3. The molecule has 0 spiro atoms. The molecule has 2 aromatic heterocycles. The number of hydrogen-bond acceptors (Lipinski definition) is 5. The highest BCUT2D eigenvalue weighted by molar-refractivity contribution is 6.32. The number of pyridine rings is 1. The SMILES string of the molecule is CC1CN(c2cc(-c3cc(F)cc(-c4ccc(-n5ccn(C)c5=O)c(Cl)c4)c3O)ccn2)CC(C)C1(C)O.CCC. The minimum absolute atomic E-state index is 0.0327. The van der Waals surface area contributed by atoms with Crippen LogP contribution >= 0.6 is 11.6 Å². The van der Waals surface area contributed by atoms with Gasteiger partial charge in [-0.3, -0.25) is 4.57 Å². The van der Waals surface area contributed by atoms with Crippen LogP contribution in [0.2, 0.25) is 5.02 Å². The third-order valence-electron chi connectivity index (χ3n) is 7.90. The Hall–Kier alpha value is -3.62. The lowest BCUT2D eigenvalue weighted by Crippen LogP contribution is -2.55. The van der Waals surface area contributed by atoms with Crippen molar-refractivity contribution in [2.45, 2.75) is 46.6 Å². The smallest absolute Gasteiger partial charge is 0.332 e. The normalized spacial score (nSPS) is 20.5. The van der Waals surface area contributed by atoms with E-state index in [4.69, 9.17) is 11.6 Å². The van der Waals surface area contributed by atoms with Crippen LogP contribution in [0.1, 0.15) is 41.0 Å². The summed E-state index contributed by atoms with van der Waals surface area (Å²) in [5.41, 5.74) is 1.21. The number of phenols is 1. The van der Waals surface area contributed by atoms with Gasteiger partial charge in [-0.1, -0.05) is 51.8 Å². The van der Waals surface area contributed by atoms with Gasteiger partial charge in [-0.05, 0) is 54.4 Å². The van der Waals surface area contributed by atoms with E-state index < -0.39 is 11.4 Å². The minimum Gasteiger partial charge on any atom is -0.507 e. The first-order valence-corrected chi connectivity index (χ1v) is 14.3. The van der Waals surface area contributed by atoms with E-state index >= 15 is 0 Å². The number of aromatic nitrogens is 3. The van der Waals surface area contributed by atoms with Crippen molar-refractivity contribution in [1.82, 2.24) is 14.1 Å². The Morgan fingerprint density at radius 3 is 2.15 bits per heavy atom. The minimum atomic E-state index is -0.769. The molecule has 0 amide bonds. The number of anilines is 1. The standard InChI is InChI=1S/C29H30ClFN4O3.C3H8/c1-17-15-34(16-18(2)29(17,3)38)26-12-20(7-8-32-26)23-14-21(31)13-22(27(23)36)19-5-6-25(24(30)11-19)35-10-9-33(4)28(35)37;1-3-2/h5-14,17-18,36,38H,15-16H2,1-4H3;3H2,1-2H3. The average Bonchev–Trinajstić information content (AvgIpc) is 3.26. The van der Waals surface area contributed by atoms with E-state index in [1.807, 2.05) is 26.8 Å². The van der Waals surface area contributed by atoms with E-state index in [0.29, 0.717) is 41.3 Å². The Morgan fingerprint density at radius 2 is 1.61 bits per heavy atom. The molecule has 4 aromatic rings. The number of imidazole rings is 1. The lowest BCUT2D eigenvalue weighted by molar-refractivity contribution is -0.0504. The number of rotatable bonds is 4. The summed E-state index contributed by atoms with van der Waals surface area (Å²) in [4.78, 5) is 19.0. The quantitative estimate of drug-likeness (QED) is 0.282. The maximum absolute atomic E-state index is 14.9. The fraction of sp³-hybridized carbons (Fsp3) is 0.375. The molecule has 5 rings (SSSR count). The summed E-state index contributed by atoms with van der Waals surface area (Å²) in [6.07, 6.45) is 6.14. The van der Waals surface area contributed by atoms with Crippen LogP contribution in [-0.2, 0) is 7.05 Å². The molecule has 7 nitrogen and oxygen atoms in total. The van der Waals surface area contributed by atoms with Gasteiger partial charge in [-0.15, -0.1) is 0 Å². The van der Waals surface area contributed by atoms with Crippen molar-refractivity contribution >= 4 is 17.4 Å². The zero-order chi connectivity index (χ0) is 30.1. The van der Waals surface area contributed by atoms with E-state index in [9.17, 15) is 19.4 Å². The molecular formula is C32H38ClFN4O3. The molecule has 1 fully saturated rings. The summed E-state index contributed by atoms with van der Waals surface area (Å²) in [5.74, 6) is 0.160. The Morgan fingerprint density at radius 1 is 1.02 bits per heavy atom. The maximum Gasteiger partial charge on any atom is 0.332 e. The molecule has 0 saturated carbocycles. The Balaban J connectivity index is 0.00000124. The third-order valence-corrected chi connectivity index (χ3v) is 8.21. The van der Waals surface area contributed by atoms with Crippen LogP contribution in [0.3, 0.4) is 0 Å². The Labute approximate surface area is 245 Å². The van der Waals surface area contributed by atoms with Crippen LogP contribution in [0.25, 0.3) is 27.9 Å². The van der Waals surface area contributed by atoms with Crippen molar-refractivity contribution in [3.05, 3.63) is 82.4 Å². The molecule has 0 aliphatic carbocycles. The third kappa shape index (κ3) is 6.04. The largest absolute Gasteiger partial charge is 0.507 e. The van der Waals surface area contributed by atoms with Gasteiger partial charge in [0.25, 0.3) is 0 Å². The second-order valence-electron chi connectivity index (χ2n) is 11.1. The molecule has 9 heteroatoms. The lowest BCUT2D eigenvalue weighted by atomic mass is 9.76. The molecule has 218 valence electrons. The second kappa shape index (κ2) is 12.1. The summed E-state index contributed by atoms with van der Waals surface area (Å²) >= 11 is 6.52. The number of piperidine rings is 1. The molecule has 0 radical (unpaired) electrons. The van der Waals surface area contributed by atoms with Gasteiger partial charge in [0.1, 0.15) is 17.4 Å². The molecule has 3 heterocycles. The number of halogens is 2. The zero-order valence-electron chi connectivity index (χ0n) is 24.4. The van der Waals surface area contributed by atoms with Crippen LogP contribution in [0, 0.1) is 17.7 Å². The number of benzene rings is 2. The lowest BCUT2D eigenvalue weighted by Gasteiger charge is -2.46. The molecule has 1 aliphatic rings. The van der Waals surface area contributed by atoms with Gasteiger partial charge in [-0.25, -0.2) is 14.2 Å². The molecule has 2 unspecified atom stereocenters. The molecule has 41 heavy (non-hydrogen) atoms. The maximum atomic E-state index is 14.9. The molecular weight excluding hydrogens is 543 g/mol. The van der Waals surface area contributed by atoms with Crippen LogP contribution < -0.4 is 10.6 Å². The fourth-order valence-electron chi connectivity index (χ4n) is 5.09. The highest BCUT2D eigenvalue weighted by Crippen LogP contribution is 2.41. The van der Waals surface area contributed by atoms with Crippen molar-refractivity contribution in [3.63, 3.8) is 0 Å². The van der Waals surface area contributed by atoms with Gasteiger partial charge in [0, 0.05) is 61.7 Å². The van der Waals surface area contributed by atoms with Crippen molar-refractivity contribution in [2.24, 2.45) is 18.9 Å². The monoisotopic (exact) mass is 580 g/mol. The highest BCUT2D eigenvalue weighted by Gasteiger charge is 2.40. The first-order valence-electron chi connectivity index (χ1n) is 13.9. The number of nitrogens with zero attached hydrogens (tertiary/aromatic N) is 4. The predicted molar refractivity (Wildman–Crippen MR) is 163 cm³/mol. The Kier molecular flexibility index (Phi) is 8.94. The van der Waals surface area contributed by atoms with Gasteiger partial charge in [0.2, 0.25) is 0 Å². The second-order valence-corrected chi connectivity index (χ2v) is 11.5. The number of aromatic hydroxyl groups is 1. The van der Waals surface area contributed by atoms with Gasteiger partial charge in [-0.2, -0.15) is 0 Å². The first-order chi connectivity index (χ1) is 19.4. The molecule has 1 aliphatic heterocycles. The topological polar surface area (TPSA) is 83.5 Å². The Bertz CT molecular complexity index is 1580. The van der Waals surface area contributed by atoms with Crippen LogP contribution in [0.4, 0.5) is 10.2 Å². The summed E-state index contributed by atoms with van der Waals surface area (Å²) in [6, 6.07) is 11.1. The highest BCUT2D eigenvalue weighted by atomic mass is 35.5. The van der Waals surface area contributed by atoms with E-state index in [2.05, 4.69) is 23.7 Å². The predicted octanol–water partition coefficient (Wildman–Crippen LogP) is 6.66. The number of aryl methyl sites for hydroxylation is 1. The number of aliphatic hydroxyl groups is 1. The van der Waals surface area contributed by atoms with E-state index in [0.717, 1.165) is 0 Å². The number of hydrogen-bond donors (Lipinski definition) is 2. The van der Waals surface area contributed by atoms with Crippen LogP contribution in [0.15, 0.2) is 65.8 Å². The van der Waals surface area contributed by atoms with Crippen LogP contribution in [0.5, 0.6) is 5.75 Å². The van der Waals surface area contributed by atoms with Gasteiger partial charge in [0.15, 0.2) is 0 Å². The fourth-order valence-corrected chi connectivity index (χ4v) is 5.37. The number of phenolic OH excluding ortho intramolecular Hbond substituents is 1. The van der Waals surface area contributed by atoms with Crippen molar-refractivity contribution < 1.29 is 14.6 Å². The average molecular weight is 581 g/mol. The van der Waals surface area contributed by atoms with E-state index in [1.54, 1.807) is 49.9 Å². The van der Waals surface area contributed by atoms with Gasteiger partial charge in [0.05, 0.1) is 16.3 Å². The van der Waals surface area contributed by atoms with E-state index in [-0.39, 0.29) is 33.9 Å². The molecule has 2 N–H and O–H groups in total. The molecule has 1 saturated heterocycles. The van der Waals surface area contributed by atoms with Crippen molar-refractivity contribution in [3.8, 4) is 33.7 Å². The van der Waals surface area contributed by atoms with Crippen LogP contribution in [-0.4, -0.2) is 43.0 Å².